The number of rotatable bonds is 7. The molecule has 1 aromatic rings. The first-order valence-electron chi connectivity index (χ1n) is 9.63. The second-order valence-corrected chi connectivity index (χ2v) is 7.90. The predicted octanol–water partition coefficient (Wildman–Crippen LogP) is 5.44. The topological polar surface area (TPSA) is 69.2 Å². The Morgan fingerprint density at radius 3 is 2.89 bits per heavy atom. The van der Waals surface area contributed by atoms with Crippen LogP contribution in [0.4, 0.5) is 10.5 Å². The molecule has 0 radical (unpaired) electrons. The maximum atomic E-state index is 11.7. The number of anilines is 1. The molecule has 148 valence electrons. The number of benzene rings is 1. The number of carbonyl (C=O) groups is 1. The number of oxime groups is 1. The molecule has 1 heterocycles. The van der Waals surface area contributed by atoms with Crippen LogP contribution in [-0.2, 0) is 14.6 Å². The van der Waals surface area contributed by atoms with Gasteiger partial charge in [-0.25, -0.2) is 4.79 Å². The molecule has 1 fully saturated rings. The lowest BCUT2D eigenvalue weighted by Gasteiger charge is -2.34. The van der Waals surface area contributed by atoms with Gasteiger partial charge in [0.15, 0.2) is 0 Å². The van der Waals surface area contributed by atoms with E-state index in [0.29, 0.717) is 5.92 Å². The molecule has 0 aromatic heterocycles. The molecular formula is C20H28N2O4S. The molecule has 3 rings (SSSR count). The summed E-state index contributed by atoms with van der Waals surface area (Å²) in [6, 6.07) is 5.79. The Hall–Kier alpha value is -1.89. The van der Waals surface area contributed by atoms with Crippen LogP contribution >= 0.6 is 12.9 Å². The van der Waals surface area contributed by atoms with Crippen LogP contribution in [0.25, 0.3) is 0 Å². The Morgan fingerprint density at radius 2 is 2.15 bits per heavy atom. The normalized spacial score (nSPS) is 20.5. The number of hydrogen-bond donors (Lipinski definition) is 2. The summed E-state index contributed by atoms with van der Waals surface area (Å²) in [5, 5.41) is 6.46. The standard InChI is InChI=1S/C20H28N2O4S/c1-20(2)16-13-15(10-11-17(16)22-19(23)25-20)24-18(9-6-12-21-26-27)14-7-4-3-5-8-14/h10-14,18,27H,3-9H2,1-2H3,(H,22,23). The number of amides is 1. The zero-order valence-corrected chi connectivity index (χ0v) is 16.8. The van der Waals surface area contributed by atoms with Gasteiger partial charge < -0.3 is 13.8 Å². The highest BCUT2D eigenvalue weighted by Gasteiger charge is 2.34. The minimum absolute atomic E-state index is 0.122. The van der Waals surface area contributed by atoms with E-state index in [1.807, 2.05) is 32.0 Å². The summed E-state index contributed by atoms with van der Waals surface area (Å²) in [5.41, 5.74) is 1.01. The molecule has 0 bridgehead atoms. The Balaban J connectivity index is 1.76. The van der Waals surface area contributed by atoms with Crippen LogP contribution < -0.4 is 10.1 Å². The third-order valence-corrected chi connectivity index (χ3v) is 5.48. The first-order chi connectivity index (χ1) is 13.0. The Morgan fingerprint density at radius 1 is 1.37 bits per heavy atom. The molecule has 1 aliphatic carbocycles. The molecule has 1 amide bonds. The number of hydrogen-bond acceptors (Lipinski definition) is 6. The van der Waals surface area contributed by atoms with Gasteiger partial charge in [-0.3, -0.25) is 5.32 Å². The summed E-state index contributed by atoms with van der Waals surface area (Å²) in [7, 11) is 0. The van der Waals surface area contributed by atoms with Crippen LogP contribution in [0, 0.1) is 5.92 Å². The van der Waals surface area contributed by atoms with Crippen molar-refractivity contribution in [1.82, 2.24) is 0 Å². The van der Waals surface area contributed by atoms with E-state index >= 15 is 0 Å². The van der Waals surface area contributed by atoms with Gasteiger partial charge in [0.25, 0.3) is 0 Å². The van der Waals surface area contributed by atoms with Crippen molar-refractivity contribution in [2.75, 3.05) is 5.32 Å². The van der Waals surface area contributed by atoms with E-state index in [0.717, 1.165) is 29.8 Å². The van der Waals surface area contributed by atoms with Gasteiger partial charge in [0.2, 0.25) is 0 Å². The summed E-state index contributed by atoms with van der Waals surface area (Å²) < 4.78 is 16.3. The van der Waals surface area contributed by atoms with E-state index in [4.69, 9.17) is 9.47 Å². The van der Waals surface area contributed by atoms with Crippen molar-refractivity contribution in [2.24, 2.45) is 11.1 Å². The predicted molar refractivity (Wildman–Crippen MR) is 108 cm³/mol. The zero-order valence-electron chi connectivity index (χ0n) is 15.9. The van der Waals surface area contributed by atoms with Gasteiger partial charge in [0.05, 0.1) is 18.6 Å². The van der Waals surface area contributed by atoms with E-state index in [9.17, 15) is 4.79 Å². The highest BCUT2D eigenvalue weighted by Crippen LogP contribution is 2.39. The van der Waals surface area contributed by atoms with Crippen LogP contribution in [-0.4, -0.2) is 18.4 Å². The van der Waals surface area contributed by atoms with Crippen molar-refractivity contribution in [3.05, 3.63) is 23.8 Å². The van der Waals surface area contributed by atoms with E-state index in [-0.39, 0.29) is 6.10 Å². The number of nitrogens with one attached hydrogen (secondary N) is 1. The van der Waals surface area contributed by atoms with Crippen LogP contribution in [0.5, 0.6) is 5.75 Å². The van der Waals surface area contributed by atoms with Gasteiger partial charge in [-0.15, -0.1) is 0 Å². The van der Waals surface area contributed by atoms with Gasteiger partial charge in [-0.1, -0.05) is 24.4 Å². The Bertz CT molecular complexity index is 687. The van der Waals surface area contributed by atoms with Crippen molar-refractivity contribution in [2.45, 2.75) is 70.5 Å². The summed E-state index contributed by atoms with van der Waals surface area (Å²) in [4.78, 5) is 11.7. The number of carbonyl (C=O) groups excluding carboxylic acids is 1. The van der Waals surface area contributed by atoms with E-state index in [1.54, 1.807) is 6.21 Å². The number of fused-ring (bicyclic) bond motifs is 1. The largest absolute Gasteiger partial charge is 0.490 e. The van der Waals surface area contributed by atoms with Crippen molar-refractivity contribution in [3.63, 3.8) is 0 Å². The number of cyclic esters (lactones) is 1. The summed E-state index contributed by atoms with van der Waals surface area (Å²) in [5.74, 6) is 1.35. The maximum absolute atomic E-state index is 11.7. The molecule has 0 spiro atoms. The highest BCUT2D eigenvalue weighted by molar-refractivity contribution is 7.75. The average Bonchev–Trinajstić information content (AvgIpc) is 2.65. The average molecular weight is 393 g/mol. The molecule has 0 saturated heterocycles. The maximum Gasteiger partial charge on any atom is 0.412 e. The lowest BCUT2D eigenvalue weighted by molar-refractivity contribution is 0.0413. The van der Waals surface area contributed by atoms with Gasteiger partial charge >= 0.3 is 6.09 Å². The third kappa shape index (κ3) is 5.09. The number of thiol groups is 1. The van der Waals surface area contributed by atoms with Crippen molar-refractivity contribution >= 4 is 30.9 Å². The summed E-state index contributed by atoms with van der Waals surface area (Å²) in [6.45, 7) is 3.78. The third-order valence-electron chi connectivity index (χ3n) is 5.39. The van der Waals surface area contributed by atoms with Crippen LogP contribution in [0.15, 0.2) is 23.4 Å². The monoisotopic (exact) mass is 392 g/mol. The van der Waals surface area contributed by atoms with Crippen molar-refractivity contribution in [1.29, 1.82) is 0 Å². The second-order valence-electron chi connectivity index (χ2n) is 7.73. The molecule has 1 aromatic carbocycles. The van der Waals surface area contributed by atoms with E-state index in [1.165, 1.54) is 32.1 Å². The van der Waals surface area contributed by atoms with Crippen LogP contribution in [0.2, 0.25) is 0 Å². The molecule has 2 aliphatic rings. The van der Waals surface area contributed by atoms with Gasteiger partial charge in [-0.2, -0.15) is 0 Å². The molecule has 1 atom stereocenters. The minimum Gasteiger partial charge on any atom is -0.490 e. The summed E-state index contributed by atoms with van der Waals surface area (Å²) in [6.07, 6.45) is 9.29. The molecule has 1 unspecified atom stereocenters. The molecule has 6 nitrogen and oxygen atoms in total. The van der Waals surface area contributed by atoms with Crippen LogP contribution in [0.1, 0.15) is 64.4 Å². The molecule has 1 saturated carbocycles. The molecular weight excluding hydrogens is 364 g/mol. The van der Waals surface area contributed by atoms with E-state index < -0.39 is 11.7 Å². The Labute approximate surface area is 166 Å². The Kier molecular flexibility index (Phi) is 6.52. The van der Waals surface area contributed by atoms with Crippen molar-refractivity contribution < 1.29 is 18.6 Å². The smallest absolute Gasteiger partial charge is 0.412 e. The lowest BCUT2D eigenvalue weighted by Crippen LogP contribution is -2.35. The quantitative estimate of drug-likeness (QED) is 0.281. The molecule has 1 aliphatic heterocycles. The van der Waals surface area contributed by atoms with Gasteiger partial charge in [0, 0.05) is 11.8 Å². The fourth-order valence-corrected chi connectivity index (χ4v) is 4.09. The fraction of sp³-hybridized carbons (Fsp3) is 0.600. The minimum atomic E-state index is -0.687. The van der Waals surface area contributed by atoms with Crippen LogP contribution in [0.3, 0.4) is 0 Å². The number of ether oxygens (including phenoxy) is 2. The fourth-order valence-electron chi connectivity index (χ4n) is 4.02. The lowest BCUT2D eigenvalue weighted by atomic mass is 9.83. The molecule has 1 N–H and O–H groups in total. The number of nitrogens with zero attached hydrogens (tertiary/aromatic N) is 1. The SMILES string of the molecule is CC1(C)OC(=O)Nc2ccc(OC(CCC=NOS)C3CCCCC3)cc21. The summed E-state index contributed by atoms with van der Waals surface area (Å²) >= 11 is 3.62. The van der Waals surface area contributed by atoms with Crippen molar-refractivity contribution in [3.8, 4) is 5.75 Å². The second kappa shape index (κ2) is 8.87. The first-order valence-corrected chi connectivity index (χ1v) is 10.00. The molecule has 27 heavy (non-hydrogen) atoms. The van der Waals surface area contributed by atoms with Gasteiger partial charge in [0.1, 0.15) is 17.5 Å². The van der Waals surface area contributed by atoms with Gasteiger partial charge in [-0.05, 0) is 63.6 Å². The zero-order chi connectivity index (χ0) is 19.3. The first kappa shape index (κ1) is 19.9. The highest BCUT2D eigenvalue weighted by atomic mass is 32.1. The molecule has 7 heteroatoms. The van der Waals surface area contributed by atoms with E-state index in [2.05, 4.69) is 27.7 Å².